The van der Waals surface area contributed by atoms with Gasteiger partial charge in [0.25, 0.3) is 0 Å². The molecule has 13 nitrogen and oxygen atoms in total. The molecule has 7 heterocycles. The number of quaternary nitrogens is 2. The van der Waals surface area contributed by atoms with Crippen molar-refractivity contribution in [3.05, 3.63) is 71.4 Å². The van der Waals surface area contributed by atoms with Crippen LogP contribution in [-0.2, 0) is 9.59 Å². The first-order valence-corrected chi connectivity index (χ1v) is 12.7. The summed E-state index contributed by atoms with van der Waals surface area (Å²) in [6, 6.07) is -2.03. The summed E-state index contributed by atoms with van der Waals surface area (Å²) < 4.78 is 5.15. The maximum atomic E-state index is 14.2. The van der Waals surface area contributed by atoms with Crippen LogP contribution in [0.5, 0.6) is 0 Å². The topological polar surface area (TPSA) is 154 Å². The molecule has 0 aliphatic carbocycles. The van der Waals surface area contributed by atoms with Crippen molar-refractivity contribution in [2.24, 2.45) is 0 Å². The zero-order chi connectivity index (χ0) is 27.1. The highest BCUT2D eigenvalue weighted by Crippen LogP contribution is 2.50. The van der Waals surface area contributed by atoms with Crippen LogP contribution < -0.4 is 8.97 Å². The number of fused-ring (bicyclic) bond motifs is 4. The van der Waals surface area contributed by atoms with Crippen molar-refractivity contribution in [2.75, 3.05) is 13.1 Å². The number of likely N-dealkylation sites (tertiary alicyclic amines) is 2. The van der Waals surface area contributed by atoms with Crippen LogP contribution in [0.2, 0.25) is 0 Å². The Bertz CT molecular complexity index is 1400. The third-order valence-corrected chi connectivity index (χ3v) is 8.45. The Balaban J connectivity index is 1.34. The molecular formula is C26H24N6O7+2. The molecule has 7 rings (SSSR count). The minimum absolute atomic E-state index is 0.105. The Morgan fingerprint density at radius 1 is 0.692 bits per heavy atom. The van der Waals surface area contributed by atoms with Crippen LogP contribution in [0, 0.1) is 0 Å². The zero-order valence-electron chi connectivity index (χ0n) is 20.6. The number of amides is 4. The second-order valence-corrected chi connectivity index (χ2v) is 10.2. The number of allylic oxidation sites excluding steroid dienone is 8. The van der Waals surface area contributed by atoms with E-state index in [1.54, 1.807) is 48.6 Å². The third-order valence-electron chi connectivity index (χ3n) is 8.45. The first-order valence-electron chi connectivity index (χ1n) is 12.7. The van der Waals surface area contributed by atoms with Gasteiger partial charge in [0.05, 0.1) is 0 Å². The molecule has 13 heteroatoms. The molecule has 198 valence electrons. The molecule has 0 aromatic carbocycles. The summed E-state index contributed by atoms with van der Waals surface area (Å²) in [4.78, 5) is 54.4. The molecule has 4 bridgehead atoms. The van der Waals surface area contributed by atoms with Crippen LogP contribution in [0.4, 0.5) is 21.6 Å². The molecule has 4 amide bonds. The van der Waals surface area contributed by atoms with Gasteiger partial charge in [-0.05, 0) is 35.9 Å². The molecule has 0 spiro atoms. The maximum absolute atomic E-state index is 14.2. The van der Waals surface area contributed by atoms with E-state index in [4.69, 9.17) is 4.42 Å². The van der Waals surface area contributed by atoms with Crippen molar-refractivity contribution in [1.82, 2.24) is 29.0 Å². The number of carboxylic acid groups (broad SMARTS) is 2. The minimum Gasteiger partial charge on any atom is -0.465 e. The summed E-state index contributed by atoms with van der Waals surface area (Å²) in [7, 11) is 0. The van der Waals surface area contributed by atoms with Gasteiger partial charge < -0.3 is 14.6 Å². The highest BCUT2D eigenvalue weighted by molar-refractivity contribution is 6.02. The lowest BCUT2D eigenvalue weighted by Gasteiger charge is -2.31. The van der Waals surface area contributed by atoms with Gasteiger partial charge in [-0.15, -0.1) is 8.97 Å². The number of carbonyl (C=O) groups is 4. The number of nitrogens with zero attached hydrogens (tertiary/aromatic N) is 6. The van der Waals surface area contributed by atoms with E-state index in [1.165, 1.54) is 0 Å². The zero-order valence-corrected chi connectivity index (χ0v) is 20.6. The minimum atomic E-state index is -1.18. The summed E-state index contributed by atoms with van der Waals surface area (Å²) in [6.07, 6.45) is 13.5. The van der Waals surface area contributed by atoms with Gasteiger partial charge in [-0.25, -0.2) is 19.2 Å². The van der Waals surface area contributed by atoms with Gasteiger partial charge in [-0.1, -0.05) is 0 Å². The average molecular weight is 533 g/mol. The lowest BCUT2D eigenvalue weighted by molar-refractivity contribution is -0.131. The van der Waals surface area contributed by atoms with Crippen molar-refractivity contribution in [1.29, 1.82) is 0 Å². The van der Waals surface area contributed by atoms with E-state index in [0.717, 1.165) is 9.80 Å². The van der Waals surface area contributed by atoms with Gasteiger partial charge in [0, 0.05) is 61.7 Å². The van der Waals surface area contributed by atoms with Crippen LogP contribution in [0.1, 0.15) is 25.7 Å². The van der Waals surface area contributed by atoms with Gasteiger partial charge in [-0.2, -0.15) is 0 Å². The van der Waals surface area contributed by atoms with Gasteiger partial charge in [-0.3, -0.25) is 9.80 Å². The number of rotatable bonds is 4. The second kappa shape index (κ2) is 7.94. The predicted molar refractivity (Wildman–Crippen MR) is 134 cm³/mol. The monoisotopic (exact) mass is 532 g/mol. The van der Waals surface area contributed by atoms with Crippen LogP contribution >= 0.6 is 0 Å². The molecule has 39 heavy (non-hydrogen) atoms. The first kappa shape index (κ1) is 23.5. The van der Waals surface area contributed by atoms with Crippen molar-refractivity contribution in [3.63, 3.8) is 0 Å². The summed E-state index contributed by atoms with van der Waals surface area (Å²) in [5.41, 5.74) is 2.14. The largest absolute Gasteiger partial charge is 0.465 e. The van der Waals surface area contributed by atoms with E-state index < -0.39 is 45.1 Å². The van der Waals surface area contributed by atoms with E-state index >= 15 is 0 Å². The van der Waals surface area contributed by atoms with E-state index in [2.05, 4.69) is 10.2 Å². The molecule has 2 atom stereocenters. The molecule has 2 fully saturated rings. The number of carbonyl (C=O) groups excluding carboxylic acids is 2. The van der Waals surface area contributed by atoms with Gasteiger partial charge in [0.1, 0.15) is 0 Å². The second-order valence-electron chi connectivity index (χ2n) is 10.2. The number of hydrogen-bond acceptors (Lipinski definition) is 7. The molecule has 6 aliphatic heterocycles. The average Bonchev–Trinajstić information content (AvgIpc) is 3.78. The smallest absolute Gasteiger partial charge is 0.447 e. The molecule has 2 N–H and O–H groups in total. The Hall–Kier alpha value is -4.62. The van der Waals surface area contributed by atoms with Crippen LogP contribution in [0.3, 0.4) is 0 Å². The third kappa shape index (κ3) is 2.80. The van der Waals surface area contributed by atoms with E-state index in [9.17, 15) is 29.4 Å². The summed E-state index contributed by atoms with van der Waals surface area (Å²) >= 11 is 0. The Kier molecular flexibility index (Phi) is 4.78. The highest BCUT2D eigenvalue weighted by Gasteiger charge is 2.63. The quantitative estimate of drug-likeness (QED) is 0.557. The highest BCUT2D eigenvalue weighted by atomic mass is 16.4. The molecule has 0 saturated carbocycles. The molecular weight excluding hydrogens is 508 g/mol. The van der Waals surface area contributed by atoms with Gasteiger partial charge >= 0.3 is 36.0 Å². The molecule has 1 aromatic rings. The van der Waals surface area contributed by atoms with Crippen LogP contribution in [-0.4, -0.2) is 79.4 Å². The van der Waals surface area contributed by atoms with Gasteiger partial charge in [0.2, 0.25) is 0 Å². The predicted octanol–water partition coefficient (Wildman–Crippen LogP) is 2.72. The Morgan fingerprint density at radius 3 is 1.36 bits per heavy atom. The van der Waals surface area contributed by atoms with Crippen molar-refractivity contribution >= 4 is 36.0 Å². The lowest BCUT2D eigenvalue weighted by atomic mass is 10.1. The Morgan fingerprint density at radius 2 is 1.05 bits per heavy atom. The summed E-state index contributed by atoms with van der Waals surface area (Å²) in [5, 5.41) is 28.0. The fraction of sp³-hybridized carbons (Fsp3) is 0.308. The summed E-state index contributed by atoms with van der Waals surface area (Å²) in [6.45, 7) is 0.493. The van der Waals surface area contributed by atoms with Crippen LogP contribution in [0.15, 0.2) is 75.8 Å². The van der Waals surface area contributed by atoms with Crippen LogP contribution in [0.25, 0.3) is 0 Å². The fourth-order valence-electron chi connectivity index (χ4n) is 6.67. The Labute approximate surface area is 221 Å². The number of hydrogen-bond donors (Lipinski definition) is 2. The van der Waals surface area contributed by atoms with E-state index in [0.29, 0.717) is 48.5 Å². The molecule has 2 saturated heterocycles. The standard InChI is InChI=1S/C26H22N6O7/c33-21(19-3-1-13-29(19)25(35)36)31(15-5-6-16(31)8-7-15)23-27-28-24(39-23)32(17-9-10-18(32)12-11-17)22(34)20-4-2-14-30(20)26(37)38/h5-12,19-20H,1-4,13-14H2/p+2/t19-,20-/m0/s1. The van der Waals surface area contributed by atoms with Gasteiger partial charge in [0.15, 0.2) is 34.9 Å². The van der Waals surface area contributed by atoms with E-state index in [1.807, 2.05) is 0 Å². The fourth-order valence-corrected chi connectivity index (χ4v) is 6.67. The van der Waals surface area contributed by atoms with Crippen molar-refractivity contribution < 1.29 is 33.8 Å². The summed E-state index contributed by atoms with van der Waals surface area (Å²) in [5.74, 6) is -0.867. The SMILES string of the molecule is O=C(O)N1CCC[C@H]1C(=O)[N+]1(c2nnc([N+]3(C(=O)[C@@H]4CCCN4C(=O)O)C4=CC=C3C=C4)o2)C2=CC=C1C=C2. The van der Waals surface area contributed by atoms with Crippen molar-refractivity contribution in [3.8, 4) is 0 Å². The molecule has 6 aliphatic rings. The lowest BCUT2D eigenvalue weighted by Crippen LogP contribution is -2.57. The van der Waals surface area contributed by atoms with E-state index in [-0.39, 0.29) is 25.1 Å². The molecule has 0 unspecified atom stereocenters. The molecule has 1 aromatic heterocycles. The molecule has 0 radical (unpaired) electrons. The normalized spacial score (nSPS) is 26.7. The number of aromatic nitrogens is 2. The first-order chi connectivity index (χ1) is 18.8. The maximum Gasteiger partial charge on any atom is 0.447 e. The van der Waals surface area contributed by atoms with Crippen molar-refractivity contribution in [2.45, 2.75) is 37.8 Å².